The number of benzene rings is 2. The molecular weight excluding hydrogens is 462 g/mol. The fraction of sp³-hybridized carbons (Fsp3) is 0.207. The summed E-state index contributed by atoms with van der Waals surface area (Å²) in [5.41, 5.74) is 5.93. The van der Waals surface area contributed by atoms with Gasteiger partial charge in [0.05, 0.1) is 33.9 Å². The van der Waals surface area contributed by atoms with Gasteiger partial charge >= 0.3 is 6.03 Å². The number of carbonyl (C=O) groups excluding carboxylic acids is 1. The van der Waals surface area contributed by atoms with E-state index in [1.165, 1.54) is 0 Å². The van der Waals surface area contributed by atoms with E-state index in [1.807, 2.05) is 81.0 Å². The Labute approximate surface area is 215 Å². The van der Waals surface area contributed by atoms with Gasteiger partial charge in [0.1, 0.15) is 5.82 Å². The molecule has 5 rings (SSSR count). The third kappa shape index (κ3) is 4.47. The molecule has 0 spiro atoms. The van der Waals surface area contributed by atoms with Gasteiger partial charge in [-0.25, -0.2) is 14.5 Å². The molecule has 2 amide bonds. The number of fused-ring (bicyclic) bond motifs is 3. The predicted molar refractivity (Wildman–Crippen MR) is 146 cm³/mol. The van der Waals surface area contributed by atoms with Crippen molar-refractivity contribution >= 4 is 33.7 Å². The molecule has 5 aromatic rings. The van der Waals surface area contributed by atoms with Crippen LogP contribution in [0.4, 0.5) is 10.6 Å². The molecule has 0 aliphatic carbocycles. The summed E-state index contributed by atoms with van der Waals surface area (Å²) in [5.74, 6) is 0.483. The molecule has 8 heteroatoms. The highest BCUT2D eigenvalue weighted by atomic mass is 16.2. The Morgan fingerprint density at radius 3 is 2.43 bits per heavy atom. The van der Waals surface area contributed by atoms with Crippen LogP contribution >= 0.6 is 0 Å². The van der Waals surface area contributed by atoms with Gasteiger partial charge in [0.15, 0.2) is 0 Å². The van der Waals surface area contributed by atoms with E-state index in [9.17, 15) is 10.1 Å². The molecule has 2 aromatic carbocycles. The first-order chi connectivity index (χ1) is 17.8. The summed E-state index contributed by atoms with van der Waals surface area (Å²) >= 11 is 0. The molecule has 3 heterocycles. The Hall–Kier alpha value is -4.77. The molecule has 0 radical (unpaired) electrons. The van der Waals surface area contributed by atoms with Gasteiger partial charge in [0, 0.05) is 35.3 Å². The highest BCUT2D eigenvalue weighted by Gasteiger charge is 2.20. The van der Waals surface area contributed by atoms with E-state index < -0.39 is 5.41 Å². The predicted octanol–water partition coefficient (Wildman–Crippen LogP) is 5.89. The Kier molecular flexibility index (Phi) is 6.06. The van der Waals surface area contributed by atoms with E-state index in [2.05, 4.69) is 32.7 Å². The third-order valence-corrected chi connectivity index (χ3v) is 6.48. The topological polar surface area (TPSA) is 109 Å². The molecule has 0 bridgehead atoms. The second-order valence-corrected chi connectivity index (χ2v) is 9.45. The molecule has 0 saturated heterocycles. The number of pyridine rings is 2. The van der Waals surface area contributed by atoms with Crippen LogP contribution in [0, 0.1) is 18.3 Å². The number of nitrogens with one attached hydrogen (secondary N) is 2. The van der Waals surface area contributed by atoms with E-state index in [0.717, 1.165) is 49.9 Å². The van der Waals surface area contributed by atoms with E-state index in [1.54, 1.807) is 12.3 Å². The molecule has 0 aliphatic rings. The van der Waals surface area contributed by atoms with Crippen molar-refractivity contribution in [3.63, 3.8) is 0 Å². The minimum atomic E-state index is -0.564. The molecule has 3 aromatic heterocycles. The van der Waals surface area contributed by atoms with Crippen molar-refractivity contribution in [1.29, 1.82) is 5.26 Å². The Balaban J connectivity index is 1.58. The first-order valence-corrected chi connectivity index (χ1v) is 12.1. The van der Waals surface area contributed by atoms with E-state index in [4.69, 9.17) is 5.10 Å². The number of hydrogen-bond donors (Lipinski definition) is 2. The van der Waals surface area contributed by atoms with Crippen molar-refractivity contribution in [2.75, 3.05) is 11.9 Å². The maximum absolute atomic E-state index is 11.8. The summed E-state index contributed by atoms with van der Waals surface area (Å²) in [5, 5.41) is 21.7. The van der Waals surface area contributed by atoms with Gasteiger partial charge in [0.25, 0.3) is 0 Å². The van der Waals surface area contributed by atoms with Crippen molar-refractivity contribution in [2.24, 2.45) is 0 Å². The zero-order chi connectivity index (χ0) is 26.2. The number of urea groups is 1. The van der Waals surface area contributed by atoms with E-state index >= 15 is 0 Å². The van der Waals surface area contributed by atoms with Crippen LogP contribution in [-0.2, 0) is 5.41 Å². The fourth-order valence-corrected chi connectivity index (χ4v) is 4.34. The largest absolute Gasteiger partial charge is 0.338 e. The lowest BCUT2D eigenvalue weighted by Gasteiger charge is -2.16. The first kappa shape index (κ1) is 23.9. The minimum Gasteiger partial charge on any atom is -0.338 e. The second-order valence-electron chi connectivity index (χ2n) is 9.45. The average Bonchev–Trinajstić information content (AvgIpc) is 3.26. The maximum atomic E-state index is 11.8. The molecule has 0 fully saturated rings. The van der Waals surface area contributed by atoms with Crippen LogP contribution in [0.15, 0.2) is 67.0 Å². The maximum Gasteiger partial charge on any atom is 0.320 e. The summed E-state index contributed by atoms with van der Waals surface area (Å²) in [6.45, 7) is 8.20. The van der Waals surface area contributed by atoms with Crippen LogP contribution in [0.3, 0.4) is 0 Å². The minimum absolute atomic E-state index is 0.283. The number of rotatable bonds is 5. The molecular formula is C29H27N7O. The normalized spacial score (nSPS) is 11.4. The average molecular weight is 490 g/mol. The van der Waals surface area contributed by atoms with Gasteiger partial charge in [-0.3, -0.25) is 10.3 Å². The quantitative estimate of drug-likeness (QED) is 0.320. The third-order valence-electron chi connectivity index (χ3n) is 6.48. The molecule has 0 saturated carbocycles. The number of amides is 2. The zero-order valence-corrected chi connectivity index (χ0v) is 21.2. The lowest BCUT2D eigenvalue weighted by molar-refractivity contribution is 0.252. The highest BCUT2D eigenvalue weighted by molar-refractivity contribution is 6.06. The van der Waals surface area contributed by atoms with Crippen LogP contribution in [0.5, 0.6) is 0 Å². The molecule has 8 nitrogen and oxygen atoms in total. The second kappa shape index (κ2) is 9.36. The van der Waals surface area contributed by atoms with E-state index in [-0.39, 0.29) is 6.03 Å². The first-order valence-electron chi connectivity index (χ1n) is 12.1. The summed E-state index contributed by atoms with van der Waals surface area (Å²) in [6, 6.07) is 19.9. The van der Waals surface area contributed by atoms with Gasteiger partial charge in [-0.2, -0.15) is 10.4 Å². The Bertz CT molecular complexity index is 1660. The molecule has 0 aliphatic heterocycles. The van der Waals surface area contributed by atoms with Crippen LogP contribution in [0.1, 0.15) is 32.0 Å². The number of nitriles is 1. The van der Waals surface area contributed by atoms with Crippen molar-refractivity contribution in [3.05, 3.63) is 78.2 Å². The number of aromatic nitrogens is 4. The summed E-state index contributed by atoms with van der Waals surface area (Å²) in [4.78, 5) is 20.9. The zero-order valence-electron chi connectivity index (χ0n) is 21.2. The standard InChI is InChI=1S/C29H27N7O/c1-5-31-28(37)34-26-13-7-20(15-33-26)19-6-12-25-23(14-19)27-24(16-32-25)18(2)35-36(27)22-10-8-21(9-11-22)29(3,4)17-30/h6-16H,5H2,1-4H3,(H2,31,33,34,37). The fourth-order valence-electron chi connectivity index (χ4n) is 4.34. The Morgan fingerprint density at radius 1 is 1.00 bits per heavy atom. The summed E-state index contributed by atoms with van der Waals surface area (Å²) in [6.07, 6.45) is 3.61. The molecule has 0 atom stereocenters. The van der Waals surface area contributed by atoms with Gasteiger partial charge in [0.2, 0.25) is 0 Å². The molecule has 184 valence electrons. The number of nitrogens with zero attached hydrogens (tertiary/aromatic N) is 5. The van der Waals surface area contributed by atoms with Gasteiger partial charge < -0.3 is 5.32 Å². The number of anilines is 1. The van der Waals surface area contributed by atoms with Gasteiger partial charge in [-0.15, -0.1) is 0 Å². The molecule has 0 unspecified atom stereocenters. The highest BCUT2D eigenvalue weighted by Crippen LogP contribution is 2.32. The van der Waals surface area contributed by atoms with Crippen molar-refractivity contribution in [3.8, 4) is 22.9 Å². The van der Waals surface area contributed by atoms with Crippen molar-refractivity contribution < 1.29 is 4.79 Å². The number of aryl methyl sites for hydroxylation is 1. The Morgan fingerprint density at radius 2 is 1.76 bits per heavy atom. The monoisotopic (exact) mass is 489 g/mol. The van der Waals surface area contributed by atoms with E-state index in [0.29, 0.717) is 12.4 Å². The van der Waals surface area contributed by atoms with Crippen LogP contribution in [-0.4, -0.2) is 32.3 Å². The molecule has 2 N–H and O–H groups in total. The lowest BCUT2D eigenvalue weighted by Crippen LogP contribution is -2.28. The lowest BCUT2D eigenvalue weighted by atomic mass is 9.86. The van der Waals surface area contributed by atoms with Gasteiger partial charge in [-0.05, 0) is 75.2 Å². The summed E-state index contributed by atoms with van der Waals surface area (Å²) in [7, 11) is 0. The van der Waals surface area contributed by atoms with Crippen molar-refractivity contribution in [1.82, 2.24) is 25.1 Å². The molecule has 37 heavy (non-hydrogen) atoms. The number of carbonyl (C=O) groups is 1. The smallest absolute Gasteiger partial charge is 0.320 e. The van der Waals surface area contributed by atoms with Crippen molar-refractivity contribution in [2.45, 2.75) is 33.1 Å². The summed E-state index contributed by atoms with van der Waals surface area (Å²) < 4.78 is 1.94. The van der Waals surface area contributed by atoms with Crippen LogP contribution in [0.2, 0.25) is 0 Å². The SMILES string of the molecule is CCNC(=O)Nc1ccc(-c2ccc3ncc4c(C)nn(-c5ccc(C(C)(C)C#N)cc5)c4c3c2)cn1. The van der Waals surface area contributed by atoms with Crippen LogP contribution < -0.4 is 10.6 Å². The number of hydrogen-bond acceptors (Lipinski definition) is 5. The van der Waals surface area contributed by atoms with Gasteiger partial charge in [-0.1, -0.05) is 18.2 Å². The van der Waals surface area contributed by atoms with Crippen LogP contribution in [0.25, 0.3) is 38.6 Å².